The first kappa shape index (κ1) is 19.3. The first-order chi connectivity index (χ1) is 14.0. The van der Waals surface area contributed by atoms with Crippen LogP contribution in [0.2, 0.25) is 0 Å². The van der Waals surface area contributed by atoms with E-state index in [1.807, 2.05) is 49.4 Å². The summed E-state index contributed by atoms with van der Waals surface area (Å²) in [7, 11) is 1.56. The summed E-state index contributed by atoms with van der Waals surface area (Å²) in [5, 5.41) is 5.81. The summed E-state index contributed by atoms with van der Waals surface area (Å²) in [6, 6.07) is 13.4. The smallest absolute Gasteiger partial charge is 0.240 e. The fourth-order valence-electron chi connectivity index (χ4n) is 3.83. The van der Waals surface area contributed by atoms with Gasteiger partial charge in [-0.15, -0.1) is 0 Å². The van der Waals surface area contributed by atoms with E-state index in [1.165, 1.54) is 18.5 Å². The lowest BCUT2D eigenvalue weighted by molar-refractivity contribution is -0.131. The molecule has 2 aliphatic rings. The fraction of sp³-hybridized carbons (Fsp3) is 0.391. The maximum absolute atomic E-state index is 12.9. The Balaban J connectivity index is 1.43. The number of hydrogen-bond donors (Lipinski definition) is 2. The molecule has 1 saturated carbocycles. The molecule has 1 aliphatic heterocycles. The minimum Gasteiger partial charge on any atom is -0.495 e. The van der Waals surface area contributed by atoms with Crippen LogP contribution in [-0.4, -0.2) is 32.0 Å². The van der Waals surface area contributed by atoms with Gasteiger partial charge in [-0.05, 0) is 74.6 Å². The van der Waals surface area contributed by atoms with Crippen LogP contribution in [0.5, 0.6) is 5.75 Å². The van der Waals surface area contributed by atoms with Gasteiger partial charge in [-0.3, -0.25) is 9.59 Å². The lowest BCUT2D eigenvalue weighted by Crippen LogP contribution is -2.35. The average molecular weight is 393 g/mol. The Morgan fingerprint density at radius 2 is 1.62 bits per heavy atom. The Hall–Kier alpha value is -3.02. The van der Waals surface area contributed by atoms with Crippen molar-refractivity contribution in [1.29, 1.82) is 0 Å². The predicted molar refractivity (Wildman–Crippen MR) is 115 cm³/mol. The number of carbonyl (C=O) groups is 2. The third kappa shape index (κ3) is 3.92. The van der Waals surface area contributed by atoms with E-state index in [1.54, 1.807) is 7.11 Å². The number of methoxy groups -OCH3 is 1. The van der Waals surface area contributed by atoms with Crippen molar-refractivity contribution in [3.05, 3.63) is 48.0 Å². The van der Waals surface area contributed by atoms with Crippen LogP contribution in [0.4, 0.5) is 17.1 Å². The second-order valence-electron chi connectivity index (χ2n) is 7.94. The molecule has 1 aliphatic carbocycles. The Labute approximate surface area is 171 Å². The number of rotatable bonds is 6. The summed E-state index contributed by atoms with van der Waals surface area (Å²) in [6.45, 7) is 4.11. The number of ether oxygens (including phenoxy) is 1. The van der Waals surface area contributed by atoms with Gasteiger partial charge in [-0.2, -0.15) is 0 Å². The van der Waals surface area contributed by atoms with E-state index >= 15 is 0 Å². The molecule has 0 aromatic heterocycles. The molecule has 1 heterocycles. The SMILES string of the molecule is COc1ccc(C)cc1NC(=O)C1(C(=O)Nc2ccc(N3CCCC3)cc2)CC1. The van der Waals surface area contributed by atoms with Crippen molar-refractivity contribution in [2.24, 2.45) is 5.41 Å². The molecule has 29 heavy (non-hydrogen) atoms. The summed E-state index contributed by atoms with van der Waals surface area (Å²) in [5.41, 5.74) is 2.47. The monoisotopic (exact) mass is 393 g/mol. The molecule has 6 heteroatoms. The van der Waals surface area contributed by atoms with Crippen LogP contribution in [0.15, 0.2) is 42.5 Å². The first-order valence-corrected chi connectivity index (χ1v) is 10.1. The maximum atomic E-state index is 12.9. The van der Waals surface area contributed by atoms with Gasteiger partial charge >= 0.3 is 0 Å². The van der Waals surface area contributed by atoms with E-state index in [-0.39, 0.29) is 11.8 Å². The zero-order chi connectivity index (χ0) is 20.4. The largest absolute Gasteiger partial charge is 0.495 e. The third-order valence-corrected chi connectivity index (χ3v) is 5.82. The van der Waals surface area contributed by atoms with Gasteiger partial charge in [-0.25, -0.2) is 0 Å². The predicted octanol–water partition coefficient (Wildman–Crippen LogP) is 3.96. The van der Waals surface area contributed by atoms with Crippen LogP contribution in [0.25, 0.3) is 0 Å². The number of benzene rings is 2. The number of nitrogens with one attached hydrogen (secondary N) is 2. The Morgan fingerprint density at radius 1 is 0.966 bits per heavy atom. The molecule has 6 nitrogen and oxygen atoms in total. The zero-order valence-corrected chi connectivity index (χ0v) is 17.0. The second-order valence-corrected chi connectivity index (χ2v) is 7.94. The van der Waals surface area contributed by atoms with E-state index in [4.69, 9.17) is 4.74 Å². The average Bonchev–Trinajstić information content (AvgIpc) is 3.36. The van der Waals surface area contributed by atoms with Crippen LogP contribution in [0.1, 0.15) is 31.2 Å². The summed E-state index contributed by atoms with van der Waals surface area (Å²) in [5.74, 6) is 0.0424. The van der Waals surface area contributed by atoms with Gasteiger partial charge in [0.15, 0.2) is 0 Å². The number of carbonyl (C=O) groups excluding carboxylic acids is 2. The molecule has 152 valence electrons. The molecule has 4 rings (SSSR count). The Bertz CT molecular complexity index is 913. The quantitative estimate of drug-likeness (QED) is 0.729. The fourth-order valence-corrected chi connectivity index (χ4v) is 3.83. The van der Waals surface area contributed by atoms with E-state index in [0.717, 1.165) is 18.7 Å². The van der Waals surface area contributed by atoms with Crippen molar-refractivity contribution >= 4 is 28.9 Å². The molecule has 2 N–H and O–H groups in total. The summed E-state index contributed by atoms with van der Waals surface area (Å²) in [6.07, 6.45) is 3.54. The lowest BCUT2D eigenvalue weighted by atomic mass is 10.0. The van der Waals surface area contributed by atoms with Crippen molar-refractivity contribution in [1.82, 2.24) is 0 Å². The van der Waals surface area contributed by atoms with Gasteiger partial charge in [0.05, 0.1) is 12.8 Å². The molecule has 2 fully saturated rings. The van der Waals surface area contributed by atoms with E-state index < -0.39 is 5.41 Å². The van der Waals surface area contributed by atoms with Gasteiger partial charge in [0.25, 0.3) is 0 Å². The molecule has 0 unspecified atom stereocenters. The van der Waals surface area contributed by atoms with Crippen LogP contribution in [-0.2, 0) is 9.59 Å². The lowest BCUT2D eigenvalue weighted by Gasteiger charge is -2.19. The molecular weight excluding hydrogens is 366 g/mol. The van der Waals surface area contributed by atoms with Crippen LogP contribution >= 0.6 is 0 Å². The highest BCUT2D eigenvalue weighted by atomic mass is 16.5. The Morgan fingerprint density at radius 3 is 2.24 bits per heavy atom. The summed E-state index contributed by atoms with van der Waals surface area (Å²) in [4.78, 5) is 28.1. The molecule has 0 atom stereocenters. The normalized spacial score (nSPS) is 17.0. The van der Waals surface area contributed by atoms with Crippen molar-refractivity contribution in [2.45, 2.75) is 32.6 Å². The third-order valence-electron chi connectivity index (χ3n) is 5.82. The van der Waals surface area contributed by atoms with Crippen molar-refractivity contribution < 1.29 is 14.3 Å². The van der Waals surface area contributed by atoms with Crippen LogP contribution < -0.4 is 20.3 Å². The van der Waals surface area contributed by atoms with Gasteiger partial charge < -0.3 is 20.3 Å². The standard InChI is InChI=1S/C23H27N3O3/c1-16-5-10-20(29-2)19(15-16)25-22(28)23(11-12-23)21(27)24-17-6-8-18(9-7-17)26-13-3-4-14-26/h5-10,15H,3-4,11-14H2,1-2H3,(H,24,27)(H,25,28). The van der Waals surface area contributed by atoms with Crippen molar-refractivity contribution in [3.63, 3.8) is 0 Å². The number of amides is 2. The number of aryl methyl sites for hydroxylation is 1. The molecule has 2 aromatic carbocycles. The van der Waals surface area contributed by atoms with Crippen LogP contribution in [0, 0.1) is 12.3 Å². The van der Waals surface area contributed by atoms with Crippen LogP contribution in [0.3, 0.4) is 0 Å². The van der Waals surface area contributed by atoms with Crippen molar-refractivity contribution in [3.8, 4) is 5.75 Å². The molecular formula is C23H27N3O3. The van der Waals surface area contributed by atoms with E-state index in [9.17, 15) is 9.59 Å². The van der Waals surface area contributed by atoms with Gasteiger partial charge in [0.2, 0.25) is 11.8 Å². The molecule has 0 spiro atoms. The summed E-state index contributed by atoms with van der Waals surface area (Å²) < 4.78 is 5.32. The maximum Gasteiger partial charge on any atom is 0.240 e. The zero-order valence-electron chi connectivity index (χ0n) is 17.0. The molecule has 2 amide bonds. The van der Waals surface area contributed by atoms with Gasteiger partial charge in [-0.1, -0.05) is 6.07 Å². The number of nitrogens with zero attached hydrogens (tertiary/aromatic N) is 1. The number of hydrogen-bond acceptors (Lipinski definition) is 4. The van der Waals surface area contributed by atoms with E-state index in [2.05, 4.69) is 15.5 Å². The van der Waals surface area contributed by atoms with E-state index in [0.29, 0.717) is 30.0 Å². The highest BCUT2D eigenvalue weighted by Gasteiger charge is 2.56. The molecule has 2 aromatic rings. The first-order valence-electron chi connectivity index (χ1n) is 10.1. The molecule has 0 radical (unpaired) electrons. The van der Waals surface area contributed by atoms with Gasteiger partial charge in [0, 0.05) is 24.5 Å². The summed E-state index contributed by atoms with van der Waals surface area (Å²) >= 11 is 0. The molecule has 1 saturated heterocycles. The minimum absolute atomic E-state index is 0.254. The topological polar surface area (TPSA) is 70.7 Å². The van der Waals surface area contributed by atoms with Gasteiger partial charge in [0.1, 0.15) is 11.2 Å². The molecule has 0 bridgehead atoms. The second kappa shape index (κ2) is 7.78. The number of anilines is 3. The minimum atomic E-state index is -1.01. The van der Waals surface area contributed by atoms with Crippen molar-refractivity contribution in [2.75, 3.05) is 35.7 Å². The Kier molecular flexibility index (Phi) is 5.18. The highest BCUT2D eigenvalue weighted by Crippen LogP contribution is 2.48. The highest BCUT2D eigenvalue weighted by molar-refractivity contribution is 6.17.